The number of Topliss-reactive ketones (excluding diaryl/α,β-unsaturated/α-hetero) is 1. The summed E-state index contributed by atoms with van der Waals surface area (Å²) in [5.74, 6) is -0.272. The number of halogens is 2. The Bertz CT molecular complexity index is 608. The van der Waals surface area contributed by atoms with Gasteiger partial charge in [0, 0.05) is 0 Å². The van der Waals surface area contributed by atoms with E-state index in [9.17, 15) is 9.00 Å². The molecule has 1 heterocycles. The van der Waals surface area contributed by atoms with Crippen molar-refractivity contribution in [1.82, 2.24) is 0 Å². The highest BCUT2D eigenvalue weighted by Crippen LogP contribution is 2.24. The monoisotopic (exact) mass is 318 g/mol. The maximum atomic E-state index is 12.0. The Morgan fingerprint density at radius 2 is 1.89 bits per heavy atom. The smallest absolute Gasteiger partial charge is 0.185 e. The van der Waals surface area contributed by atoms with Gasteiger partial charge in [0.05, 0.1) is 35.7 Å². The average Bonchev–Trinajstić information content (AvgIpc) is 2.76. The van der Waals surface area contributed by atoms with Crippen LogP contribution in [-0.2, 0) is 10.8 Å². The highest BCUT2D eigenvalue weighted by atomic mass is 35.5. The Morgan fingerprint density at radius 1 is 1.17 bits per heavy atom. The molecule has 2 aromatic rings. The second kappa shape index (κ2) is 5.97. The van der Waals surface area contributed by atoms with Gasteiger partial charge in [-0.3, -0.25) is 9.00 Å². The molecule has 6 heteroatoms. The molecule has 94 valence electrons. The molecule has 2 nitrogen and oxygen atoms in total. The summed E-state index contributed by atoms with van der Waals surface area (Å²) in [6.07, 6.45) is 0. The molecule has 0 fully saturated rings. The van der Waals surface area contributed by atoms with Crippen LogP contribution < -0.4 is 0 Å². The third-order valence-corrected chi connectivity index (χ3v) is 5.28. The summed E-state index contributed by atoms with van der Waals surface area (Å²) in [5.41, 5.74) is 0. The van der Waals surface area contributed by atoms with Gasteiger partial charge < -0.3 is 0 Å². The van der Waals surface area contributed by atoms with Crippen LogP contribution in [0, 0.1) is 0 Å². The fourth-order valence-electron chi connectivity index (χ4n) is 1.36. The molecule has 1 atom stereocenters. The number of carbonyl (C=O) groups is 1. The number of thiophene rings is 1. The van der Waals surface area contributed by atoms with E-state index in [1.165, 1.54) is 11.3 Å². The van der Waals surface area contributed by atoms with Crippen molar-refractivity contribution < 1.29 is 9.00 Å². The summed E-state index contributed by atoms with van der Waals surface area (Å²) in [6.45, 7) is 0. The van der Waals surface area contributed by atoms with Gasteiger partial charge in [0.15, 0.2) is 5.78 Å². The lowest BCUT2D eigenvalue weighted by atomic mass is 10.3. The Balaban J connectivity index is 2.13. The van der Waals surface area contributed by atoms with Crippen molar-refractivity contribution in [3.8, 4) is 0 Å². The predicted octanol–water partition coefficient (Wildman–Crippen LogP) is 4.05. The molecule has 1 aromatic carbocycles. The molecule has 0 aliphatic carbocycles. The van der Waals surface area contributed by atoms with Crippen molar-refractivity contribution in [2.45, 2.75) is 4.90 Å². The molecule has 0 aliphatic rings. The van der Waals surface area contributed by atoms with E-state index in [0.717, 1.165) is 0 Å². The van der Waals surface area contributed by atoms with Gasteiger partial charge in [0.2, 0.25) is 0 Å². The summed E-state index contributed by atoms with van der Waals surface area (Å²) in [5, 5.41) is 0.410. The molecule has 1 unspecified atom stereocenters. The van der Waals surface area contributed by atoms with Crippen LogP contribution in [0.15, 0.2) is 41.3 Å². The Kier molecular flexibility index (Phi) is 4.56. The second-order valence-electron chi connectivity index (χ2n) is 3.45. The van der Waals surface area contributed by atoms with E-state index in [0.29, 0.717) is 19.1 Å². The topological polar surface area (TPSA) is 34.1 Å². The van der Waals surface area contributed by atoms with Gasteiger partial charge in [-0.05, 0) is 24.3 Å². The SMILES string of the molecule is O=C(CS(=O)c1ccccc1Cl)c1ccc(Cl)s1. The van der Waals surface area contributed by atoms with E-state index in [1.54, 1.807) is 36.4 Å². The van der Waals surface area contributed by atoms with Gasteiger partial charge in [0.1, 0.15) is 0 Å². The highest BCUT2D eigenvalue weighted by Gasteiger charge is 2.15. The first kappa shape index (κ1) is 13.7. The van der Waals surface area contributed by atoms with Crippen LogP contribution in [0.25, 0.3) is 0 Å². The number of hydrogen-bond acceptors (Lipinski definition) is 3. The molecule has 0 radical (unpaired) electrons. The lowest BCUT2D eigenvalue weighted by Crippen LogP contribution is -2.10. The predicted molar refractivity (Wildman–Crippen MR) is 76.4 cm³/mol. The summed E-state index contributed by atoms with van der Waals surface area (Å²) in [7, 11) is -1.43. The fourth-order valence-corrected chi connectivity index (χ4v) is 3.89. The van der Waals surface area contributed by atoms with Crippen molar-refractivity contribution in [2.75, 3.05) is 5.75 Å². The minimum absolute atomic E-state index is 0.0828. The van der Waals surface area contributed by atoms with E-state index < -0.39 is 10.8 Å². The lowest BCUT2D eigenvalue weighted by Gasteiger charge is -2.02. The largest absolute Gasteiger partial charge is 0.292 e. The number of carbonyl (C=O) groups excluding carboxylic acids is 1. The van der Waals surface area contributed by atoms with E-state index in [4.69, 9.17) is 23.2 Å². The summed E-state index contributed by atoms with van der Waals surface area (Å²) >= 11 is 12.9. The molecule has 18 heavy (non-hydrogen) atoms. The molecule has 0 bridgehead atoms. The van der Waals surface area contributed by atoms with Crippen LogP contribution in [0.4, 0.5) is 0 Å². The van der Waals surface area contributed by atoms with Crippen LogP contribution >= 0.6 is 34.5 Å². The Labute approximate surface area is 121 Å². The zero-order valence-electron chi connectivity index (χ0n) is 9.06. The first-order valence-electron chi connectivity index (χ1n) is 4.99. The normalized spacial score (nSPS) is 12.3. The van der Waals surface area contributed by atoms with Crippen LogP contribution in [0.5, 0.6) is 0 Å². The van der Waals surface area contributed by atoms with Crippen molar-refractivity contribution in [2.24, 2.45) is 0 Å². The number of hydrogen-bond donors (Lipinski definition) is 0. The molecule has 0 aliphatic heterocycles. The maximum Gasteiger partial charge on any atom is 0.185 e. The number of benzene rings is 1. The summed E-state index contributed by atoms with van der Waals surface area (Å²) < 4.78 is 12.6. The van der Waals surface area contributed by atoms with Gasteiger partial charge in [-0.25, -0.2) is 0 Å². The minimum Gasteiger partial charge on any atom is -0.292 e. The van der Waals surface area contributed by atoms with E-state index >= 15 is 0 Å². The molecular formula is C12H8Cl2O2S2. The molecule has 1 aromatic heterocycles. The molecule has 0 amide bonds. The van der Waals surface area contributed by atoms with Gasteiger partial charge >= 0.3 is 0 Å². The van der Waals surface area contributed by atoms with Crippen molar-refractivity contribution in [3.05, 3.63) is 50.6 Å². The van der Waals surface area contributed by atoms with Gasteiger partial charge in [-0.2, -0.15) is 0 Å². The first-order valence-corrected chi connectivity index (χ1v) is 7.88. The summed E-state index contributed by atoms with van der Waals surface area (Å²) in [6, 6.07) is 10.1. The summed E-state index contributed by atoms with van der Waals surface area (Å²) in [4.78, 5) is 12.9. The lowest BCUT2D eigenvalue weighted by molar-refractivity contribution is 0.102. The number of rotatable bonds is 4. The fraction of sp³-hybridized carbons (Fsp3) is 0.0833. The molecule has 0 spiro atoms. The van der Waals surface area contributed by atoms with Crippen LogP contribution in [-0.4, -0.2) is 15.7 Å². The highest BCUT2D eigenvalue weighted by molar-refractivity contribution is 7.86. The third kappa shape index (κ3) is 3.20. The van der Waals surface area contributed by atoms with E-state index in [1.807, 2.05) is 0 Å². The van der Waals surface area contributed by atoms with Gasteiger partial charge in [-0.1, -0.05) is 35.3 Å². The Hall–Kier alpha value is -0.680. The van der Waals surface area contributed by atoms with Crippen molar-refractivity contribution >= 4 is 51.1 Å². The maximum absolute atomic E-state index is 12.0. The van der Waals surface area contributed by atoms with E-state index in [-0.39, 0.29) is 11.5 Å². The van der Waals surface area contributed by atoms with Gasteiger partial charge in [0.25, 0.3) is 0 Å². The Morgan fingerprint density at radius 3 is 2.50 bits per heavy atom. The zero-order chi connectivity index (χ0) is 13.1. The van der Waals surface area contributed by atoms with Crippen LogP contribution in [0.2, 0.25) is 9.36 Å². The standard InChI is InChI=1S/C12H8Cl2O2S2/c13-8-3-1-2-4-11(8)18(16)7-9(15)10-5-6-12(14)17-10/h1-6H,7H2. The average molecular weight is 319 g/mol. The van der Waals surface area contributed by atoms with Crippen molar-refractivity contribution in [3.63, 3.8) is 0 Å². The second-order valence-corrected chi connectivity index (χ2v) is 6.99. The molecule has 2 rings (SSSR count). The van der Waals surface area contributed by atoms with Crippen LogP contribution in [0.1, 0.15) is 9.67 Å². The van der Waals surface area contributed by atoms with Gasteiger partial charge in [-0.15, -0.1) is 11.3 Å². The van der Waals surface area contributed by atoms with E-state index in [2.05, 4.69) is 0 Å². The number of ketones is 1. The molecule has 0 N–H and O–H groups in total. The molecule has 0 saturated carbocycles. The quantitative estimate of drug-likeness (QED) is 0.797. The van der Waals surface area contributed by atoms with Crippen LogP contribution in [0.3, 0.4) is 0 Å². The van der Waals surface area contributed by atoms with Crippen molar-refractivity contribution in [1.29, 1.82) is 0 Å². The first-order chi connectivity index (χ1) is 8.58. The molecule has 0 saturated heterocycles. The minimum atomic E-state index is -1.43. The molecular weight excluding hydrogens is 311 g/mol. The zero-order valence-corrected chi connectivity index (χ0v) is 12.2. The third-order valence-electron chi connectivity index (χ3n) is 2.19.